The number of rotatable bonds is 3. The summed E-state index contributed by atoms with van der Waals surface area (Å²) in [7, 11) is 0. The standard InChI is InChI=1S/C10H14N6O/c11-9-15-7(6-8(16-9)14-5-13-6)12-4-10(17)2-1-3-10/h5,17H,1-4H2,(H4,11,12,13,14,15,16). The number of hydrogen-bond acceptors (Lipinski definition) is 6. The number of nitrogens with two attached hydrogens (primary N) is 1. The van der Waals surface area contributed by atoms with E-state index in [4.69, 9.17) is 5.73 Å². The topological polar surface area (TPSA) is 113 Å². The summed E-state index contributed by atoms with van der Waals surface area (Å²) < 4.78 is 0. The lowest BCUT2D eigenvalue weighted by atomic mass is 9.80. The lowest BCUT2D eigenvalue weighted by Gasteiger charge is -2.36. The quantitative estimate of drug-likeness (QED) is 0.606. The Morgan fingerprint density at radius 1 is 1.47 bits per heavy atom. The first-order valence-electron chi connectivity index (χ1n) is 5.59. The zero-order valence-corrected chi connectivity index (χ0v) is 9.27. The van der Waals surface area contributed by atoms with Crippen molar-refractivity contribution in [3.63, 3.8) is 0 Å². The molecule has 1 saturated carbocycles. The summed E-state index contributed by atoms with van der Waals surface area (Å²) in [6.07, 6.45) is 4.27. The molecule has 0 saturated heterocycles. The van der Waals surface area contributed by atoms with E-state index in [0.717, 1.165) is 19.3 Å². The zero-order chi connectivity index (χ0) is 11.9. The number of aromatic nitrogens is 4. The first kappa shape index (κ1) is 10.3. The van der Waals surface area contributed by atoms with Gasteiger partial charge in [0.25, 0.3) is 0 Å². The van der Waals surface area contributed by atoms with E-state index in [9.17, 15) is 5.11 Å². The molecule has 0 spiro atoms. The summed E-state index contributed by atoms with van der Waals surface area (Å²) in [4.78, 5) is 15.1. The van der Waals surface area contributed by atoms with Gasteiger partial charge in [-0.25, -0.2) is 4.98 Å². The Bertz CT molecular complexity index is 547. The monoisotopic (exact) mass is 234 g/mol. The lowest BCUT2D eigenvalue weighted by molar-refractivity contribution is -0.0202. The molecule has 1 aliphatic rings. The maximum Gasteiger partial charge on any atom is 0.224 e. The predicted molar refractivity (Wildman–Crippen MR) is 63.4 cm³/mol. The van der Waals surface area contributed by atoms with Gasteiger partial charge in [-0.1, -0.05) is 0 Å². The maximum atomic E-state index is 10.0. The third-order valence-corrected chi connectivity index (χ3v) is 3.17. The average Bonchev–Trinajstić information content (AvgIpc) is 2.71. The Hall–Kier alpha value is -1.89. The molecule has 0 aromatic carbocycles. The molecule has 0 bridgehead atoms. The highest BCUT2D eigenvalue weighted by molar-refractivity contribution is 5.83. The molecule has 2 aromatic rings. The summed E-state index contributed by atoms with van der Waals surface area (Å²) in [5.41, 5.74) is 6.22. The molecule has 0 amide bonds. The van der Waals surface area contributed by atoms with E-state index < -0.39 is 5.60 Å². The largest absolute Gasteiger partial charge is 0.388 e. The Balaban J connectivity index is 1.86. The van der Waals surface area contributed by atoms with Gasteiger partial charge in [-0.05, 0) is 19.3 Å². The third kappa shape index (κ3) is 1.78. The number of nitrogens with zero attached hydrogens (tertiary/aromatic N) is 3. The van der Waals surface area contributed by atoms with Gasteiger partial charge in [0.2, 0.25) is 5.95 Å². The second-order valence-electron chi connectivity index (χ2n) is 4.46. The number of anilines is 2. The minimum Gasteiger partial charge on any atom is -0.388 e. The van der Waals surface area contributed by atoms with Crippen molar-refractivity contribution in [2.24, 2.45) is 0 Å². The van der Waals surface area contributed by atoms with Crippen LogP contribution in [0.15, 0.2) is 6.33 Å². The molecule has 7 nitrogen and oxygen atoms in total. The van der Waals surface area contributed by atoms with Gasteiger partial charge in [-0.15, -0.1) is 0 Å². The number of hydrogen-bond donors (Lipinski definition) is 4. The van der Waals surface area contributed by atoms with Gasteiger partial charge in [0.15, 0.2) is 11.5 Å². The van der Waals surface area contributed by atoms with Crippen molar-refractivity contribution in [3.05, 3.63) is 6.33 Å². The van der Waals surface area contributed by atoms with Gasteiger partial charge in [0.1, 0.15) is 5.52 Å². The van der Waals surface area contributed by atoms with Crippen LogP contribution >= 0.6 is 0 Å². The van der Waals surface area contributed by atoms with Crippen LogP contribution in [0.5, 0.6) is 0 Å². The van der Waals surface area contributed by atoms with E-state index in [1.165, 1.54) is 0 Å². The van der Waals surface area contributed by atoms with Gasteiger partial charge in [0.05, 0.1) is 11.9 Å². The van der Waals surface area contributed by atoms with Gasteiger partial charge in [0, 0.05) is 6.54 Å². The third-order valence-electron chi connectivity index (χ3n) is 3.17. The van der Waals surface area contributed by atoms with Crippen molar-refractivity contribution in [1.29, 1.82) is 0 Å². The minimum atomic E-state index is -0.605. The van der Waals surface area contributed by atoms with Gasteiger partial charge < -0.3 is 21.1 Å². The number of fused-ring (bicyclic) bond motifs is 1. The van der Waals surface area contributed by atoms with Crippen molar-refractivity contribution in [3.8, 4) is 0 Å². The van der Waals surface area contributed by atoms with Gasteiger partial charge in [-0.2, -0.15) is 9.97 Å². The summed E-state index contributed by atoms with van der Waals surface area (Å²) in [5.74, 6) is 0.762. The van der Waals surface area contributed by atoms with Gasteiger partial charge >= 0.3 is 0 Å². The second kappa shape index (κ2) is 3.56. The van der Waals surface area contributed by atoms with E-state index in [1.54, 1.807) is 6.33 Å². The first-order chi connectivity index (χ1) is 8.16. The molecule has 90 valence electrons. The van der Waals surface area contributed by atoms with Crippen LogP contribution in [0, 0.1) is 0 Å². The van der Waals surface area contributed by atoms with Crippen molar-refractivity contribution < 1.29 is 5.11 Å². The molecule has 1 fully saturated rings. The van der Waals surface area contributed by atoms with E-state index in [1.807, 2.05) is 0 Å². The highest BCUT2D eigenvalue weighted by atomic mass is 16.3. The molecule has 0 atom stereocenters. The summed E-state index contributed by atoms with van der Waals surface area (Å²) >= 11 is 0. The molecular formula is C10H14N6O. The molecule has 0 aliphatic heterocycles. The van der Waals surface area contributed by atoms with Crippen LogP contribution < -0.4 is 11.1 Å². The predicted octanol–water partition coefficient (Wildman–Crippen LogP) is 0.262. The first-order valence-corrected chi connectivity index (χ1v) is 5.59. The number of H-pyrrole nitrogens is 1. The Morgan fingerprint density at radius 2 is 2.29 bits per heavy atom. The molecule has 0 unspecified atom stereocenters. The zero-order valence-electron chi connectivity index (χ0n) is 9.27. The van der Waals surface area contributed by atoms with Crippen molar-refractivity contribution in [1.82, 2.24) is 19.9 Å². The smallest absolute Gasteiger partial charge is 0.224 e. The van der Waals surface area contributed by atoms with Crippen LogP contribution in [0.1, 0.15) is 19.3 Å². The highest BCUT2D eigenvalue weighted by Gasteiger charge is 2.34. The van der Waals surface area contributed by atoms with Crippen molar-refractivity contribution in [2.45, 2.75) is 24.9 Å². The summed E-state index contributed by atoms with van der Waals surface area (Å²) in [5, 5.41) is 13.1. The molecule has 0 radical (unpaired) electrons. The Labute approximate surface area is 97.5 Å². The van der Waals surface area contributed by atoms with Crippen LogP contribution in [-0.2, 0) is 0 Å². The SMILES string of the molecule is Nc1nc(NCC2(O)CCC2)c2[nH]cnc2n1. The van der Waals surface area contributed by atoms with Crippen LogP contribution in [0.3, 0.4) is 0 Å². The van der Waals surface area contributed by atoms with Gasteiger partial charge in [-0.3, -0.25) is 0 Å². The highest BCUT2D eigenvalue weighted by Crippen LogP contribution is 2.31. The maximum absolute atomic E-state index is 10.0. The van der Waals surface area contributed by atoms with Crippen LogP contribution in [0.25, 0.3) is 11.2 Å². The van der Waals surface area contributed by atoms with E-state index >= 15 is 0 Å². The molecule has 2 heterocycles. The number of aromatic amines is 1. The van der Waals surface area contributed by atoms with E-state index in [-0.39, 0.29) is 5.95 Å². The molecule has 5 N–H and O–H groups in total. The molecule has 3 rings (SSSR count). The van der Waals surface area contributed by atoms with E-state index in [2.05, 4.69) is 25.3 Å². The molecule has 7 heteroatoms. The second-order valence-corrected chi connectivity index (χ2v) is 4.46. The van der Waals surface area contributed by atoms with Crippen LogP contribution in [-0.4, -0.2) is 37.2 Å². The Morgan fingerprint density at radius 3 is 3.00 bits per heavy atom. The molecule has 2 aromatic heterocycles. The normalized spacial score (nSPS) is 17.9. The number of nitrogen functional groups attached to an aromatic ring is 1. The number of nitrogens with one attached hydrogen (secondary N) is 2. The lowest BCUT2D eigenvalue weighted by Crippen LogP contribution is -2.43. The fourth-order valence-electron chi connectivity index (χ4n) is 1.99. The average molecular weight is 234 g/mol. The number of imidazole rings is 1. The summed E-state index contributed by atoms with van der Waals surface area (Å²) in [6.45, 7) is 0.470. The molecular weight excluding hydrogens is 220 g/mol. The fraction of sp³-hybridized carbons (Fsp3) is 0.500. The molecule has 17 heavy (non-hydrogen) atoms. The van der Waals surface area contributed by atoms with Crippen molar-refractivity contribution >= 4 is 22.9 Å². The summed E-state index contributed by atoms with van der Waals surface area (Å²) in [6, 6.07) is 0. The van der Waals surface area contributed by atoms with Crippen molar-refractivity contribution in [2.75, 3.05) is 17.6 Å². The fourth-order valence-corrected chi connectivity index (χ4v) is 1.99. The van der Waals surface area contributed by atoms with Crippen LogP contribution in [0.4, 0.5) is 11.8 Å². The minimum absolute atomic E-state index is 0.174. The Kier molecular flexibility index (Phi) is 2.15. The van der Waals surface area contributed by atoms with E-state index in [0.29, 0.717) is 23.5 Å². The molecule has 1 aliphatic carbocycles. The number of aliphatic hydroxyl groups is 1. The van der Waals surface area contributed by atoms with Crippen LogP contribution in [0.2, 0.25) is 0 Å².